The van der Waals surface area contributed by atoms with Crippen LogP contribution in [0.2, 0.25) is 0 Å². The number of benzene rings is 1. The molecule has 0 spiro atoms. The van der Waals surface area contributed by atoms with Gasteiger partial charge in [-0.05, 0) is 30.7 Å². The first-order valence-corrected chi connectivity index (χ1v) is 6.24. The van der Waals surface area contributed by atoms with Gasteiger partial charge in [0.2, 0.25) is 0 Å². The van der Waals surface area contributed by atoms with Crippen LogP contribution in [0.25, 0.3) is 0 Å². The summed E-state index contributed by atoms with van der Waals surface area (Å²) in [7, 11) is 1.56. The maximum atomic E-state index is 12.8. The summed E-state index contributed by atoms with van der Waals surface area (Å²) in [5, 5.41) is 12.6. The van der Waals surface area contributed by atoms with Gasteiger partial charge < -0.3 is 15.2 Å². The normalized spacial score (nSPS) is 12.7. The lowest BCUT2D eigenvalue weighted by molar-refractivity contribution is 0.0594. The Morgan fingerprint density at radius 2 is 2.29 bits per heavy atom. The monoisotopic (exact) mass is 305 g/mol. The second-order valence-corrected chi connectivity index (χ2v) is 4.66. The van der Waals surface area contributed by atoms with Crippen molar-refractivity contribution in [3.63, 3.8) is 0 Å². The summed E-state index contributed by atoms with van der Waals surface area (Å²) >= 11 is 3.30. The molecule has 0 saturated carbocycles. The van der Waals surface area contributed by atoms with E-state index in [1.807, 2.05) is 0 Å². The summed E-state index contributed by atoms with van der Waals surface area (Å²) in [6, 6.07) is 4.61. The molecule has 96 valence electrons. The number of hydrogen-bond acceptors (Lipinski definition) is 3. The smallest absolute Gasteiger partial charge is 0.124 e. The van der Waals surface area contributed by atoms with Gasteiger partial charge in [-0.1, -0.05) is 22.0 Å². The van der Waals surface area contributed by atoms with E-state index in [0.717, 1.165) is 10.0 Å². The maximum Gasteiger partial charge on any atom is 0.124 e. The van der Waals surface area contributed by atoms with Crippen LogP contribution in [0.1, 0.15) is 12.0 Å². The molecule has 0 bridgehead atoms. The van der Waals surface area contributed by atoms with Crippen molar-refractivity contribution in [2.75, 3.05) is 20.3 Å². The number of rotatable bonds is 7. The minimum atomic E-state index is -0.441. The van der Waals surface area contributed by atoms with Crippen molar-refractivity contribution in [1.29, 1.82) is 0 Å². The van der Waals surface area contributed by atoms with Gasteiger partial charge in [0.25, 0.3) is 0 Å². The standard InChI is InChI=1S/C12H17BrFNO2/c1-17-8-11(16)4-5-15-7-9-2-3-10(14)6-12(9)13/h2-3,6,11,15-16H,4-5,7-8H2,1H3. The highest BCUT2D eigenvalue weighted by Crippen LogP contribution is 2.17. The fourth-order valence-electron chi connectivity index (χ4n) is 1.43. The van der Waals surface area contributed by atoms with Crippen molar-refractivity contribution >= 4 is 15.9 Å². The van der Waals surface area contributed by atoms with Gasteiger partial charge in [-0.2, -0.15) is 0 Å². The first kappa shape index (κ1) is 14.6. The molecule has 1 unspecified atom stereocenters. The third-order valence-corrected chi connectivity index (χ3v) is 3.08. The first-order chi connectivity index (χ1) is 8.13. The Hall–Kier alpha value is -0.490. The zero-order chi connectivity index (χ0) is 12.7. The van der Waals surface area contributed by atoms with Gasteiger partial charge in [-0.15, -0.1) is 0 Å². The lowest BCUT2D eigenvalue weighted by Crippen LogP contribution is -2.23. The molecule has 5 heteroatoms. The SMILES string of the molecule is COCC(O)CCNCc1ccc(F)cc1Br. The van der Waals surface area contributed by atoms with E-state index in [4.69, 9.17) is 4.74 Å². The number of aliphatic hydroxyl groups is 1. The van der Waals surface area contributed by atoms with E-state index in [9.17, 15) is 9.50 Å². The largest absolute Gasteiger partial charge is 0.391 e. The number of nitrogens with one attached hydrogen (secondary N) is 1. The summed E-state index contributed by atoms with van der Waals surface area (Å²) in [5.41, 5.74) is 0.993. The molecule has 2 N–H and O–H groups in total. The summed E-state index contributed by atoms with van der Waals surface area (Å²) in [6.45, 7) is 1.68. The Morgan fingerprint density at radius 3 is 2.94 bits per heavy atom. The fourth-order valence-corrected chi connectivity index (χ4v) is 1.92. The number of ether oxygens (including phenoxy) is 1. The van der Waals surface area contributed by atoms with Gasteiger partial charge in [0, 0.05) is 18.1 Å². The van der Waals surface area contributed by atoms with Crippen LogP contribution < -0.4 is 5.32 Å². The number of hydrogen-bond donors (Lipinski definition) is 2. The van der Waals surface area contributed by atoms with Crippen molar-refractivity contribution in [1.82, 2.24) is 5.32 Å². The molecule has 0 aromatic heterocycles. The molecule has 1 aromatic carbocycles. The quantitative estimate of drug-likeness (QED) is 0.758. The predicted molar refractivity (Wildman–Crippen MR) is 68.3 cm³/mol. The van der Waals surface area contributed by atoms with Gasteiger partial charge >= 0.3 is 0 Å². The highest BCUT2D eigenvalue weighted by atomic mass is 79.9. The Kier molecular flexibility index (Phi) is 6.65. The van der Waals surface area contributed by atoms with E-state index in [1.54, 1.807) is 13.2 Å². The van der Waals surface area contributed by atoms with E-state index in [-0.39, 0.29) is 5.82 Å². The molecule has 0 aliphatic carbocycles. The Labute approximate surface area is 109 Å². The summed E-state index contributed by atoms with van der Waals surface area (Å²) < 4.78 is 18.4. The lowest BCUT2D eigenvalue weighted by atomic mass is 10.2. The van der Waals surface area contributed by atoms with Crippen LogP contribution >= 0.6 is 15.9 Å². The Balaban J connectivity index is 2.26. The maximum absolute atomic E-state index is 12.8. The van der Waals surface area contributed by atoms with Crippen LogP contribution in [-0.2, 0) is 11.3 Å². The molecule has 1 rings (SSSR count). The molecule has 17 heavy (non-hydrogen) atoms. The van der Waals surface area contributed by atoms with Gasteiger partial charge in [0.1, 0.15) is 5.82 Å². The Morgan fingerprint density at radius 1 is 1.53 bits per heavy atom. The summed E-state index contributed by atoms with van der Waals surface area (Å²) in [5.74, 6) is -0.254. The van der Waals surface area contributed by atoms with Crippen LogP contribution in [0.3, 0.4) is 0 Å². The molecule has 0 aliphatic rings. The second-order valence-electron chi connectivity index (χ2n) is 3.81. The number of methoxy groups -OCH3 is 1. The highest BCUT2D eigenvalue weighted by Gasteiger charge is 2.04. The average Bonchev–Trinajstić information content (AvgIpc) is 2.27. The second kappa shape index (κ2) is 7.76. The van der Waals surface area contributed by atoms with Gasteiger partial charge in [-0.25, -0.2) is 4.39 Å². The zero-order valence-corrected chi connectivity index (χ0v) is 11.3. The molecule has 0 aliphatic heterocycles. The summed E-state index contributed by atoms with van der Waals surface area (Å²) in [4.78, 5) is 0. The lowest BCUT2D eigenvalue weighted by Gasteiger charge is -2.10. The van der Waals surface area contributed by atoms with Gasteiger partial charge in [-0.3, -0.25) is 0 Å². The average molecular weight is 306 g/mol. The number of halogens is 2. The minimum Gasteiger partial charge on any atom is -0.391 e. The molecule has 0 heterocycles. The van der Waals surface area contributed by atoms with E-state index in [0.29, 0.717) is 26.1 Å². The van der Waals surface area contributed by atoms with E-state index < -0.39 is 6.10 Å². The van der Waals surface area contributed by atoms with Crippen molar-refractivity contribution in [3.8, 4) is 0 Å². The molecule has 1 aromatic rings. The third-order valence-electron chi connectivity index (χ3n) is 2.34. The van der Waals surface area contributed by atoms with Crippen LogP contribution in [-0.4, -0.2) is 31.5 Å². The predicted octanol–water partition coefficient (Wildman–Crippen LogP) is 2.08. The molecule has 3 nitrogen and oxygen atoms in total. The van der Waals surface area contributed by atoms with E-state index >= 15 is 0 Å². The number of aliphatic hydroxyl groups excluding tert-OH is 1. The van der Waals surface area contributed by atoms with Crippen LogP contribution in [0.15, 0.2) is 22.7 Å². The molecule has 0 saturated heterocycles. The molecular weight excluding hydrogens is 289 g/mol. The zero-order valence-electron chi connectivity index (χ0n) is 9.75. The summed E-state index contributed by atoms with van der Waals surface area (Å²) in [6.07, 6.45) is 0.191. The third kappa shape index (κ3) is 5.59. The van der Waals surface area contributed by atoms with Crippen molar-refractivity contribution < 1.29 is 14.2 Å². The highest BCUT2D eigenvalue weighted by molar-refractivity contribution is 9.10. The molecule has 0 fully saturated rings. The first-order valence-electron chi connectivity index (χ1n) is 5.45. The van der Waals surface area contributed by atoms with Crippen LogP contribution in [0.5, 0.6) is 0 Å². The fraction of sp³-hybridized carbons (Fsp3) is 0.500. The molecule has 0 radical (unpaired) electrons. The van der Waals surface area contributed by atoms with Crippen molar-refractivity contribution in [3.05, 3.63) is 34.1 Å². The molecule has 1 atom stereocenters. The van der Waals surface area contributed by atoms with Gasteiger partial charge in [0.05, 0.1) is 12.7 Å². The molecular formula is C12H17BrFNO2. The topological polar surface area (TPSA) is 41.5 Å². The molecule has 0 amide bonds. The minimum absolute atomic E-state index is 0.254. The van der Waals surface area contributed by atoms with E-state index in [2.05, 4.69) is 21.2 Å². The van der Waals surface area contributed by atoms with Crippen LogP contribution in [0, 0.1) is 5.82 Å². The van der Waals surface area contributed by atoms with Crippen LogP contribution in [0.4, 0.5) is 4.39 Å². The van der Waals surface area contributed by atoms with Gasteiger partial charge in [0.15, 0.2) is 0 Å². The van der Waals surface area contributed by atoms with Crippen molar-refractivity contribution in [2.24, 2.45) is 0 Å². The van der Waals surface area contributed by atoms with Crippen molar-refractivity contribution in [2.45, 2.75) is 19.1 Å². The van der Waals surface area contributed by atoms with E-state index in [1.165, 1.54) is 12.1 Å². The Bertz CT molecular complexity index is 349.